The molecule has 3 fully saturated rings. The molecule has 8 nitrogen and oxygen atoms in total. The van der Waals surface area contributed by atoms with E-state index in [1.165, 1.54) is 6.42 Å². The lowest BCUT2D eigenvalue weighted by Gasteiger charge is -2.34. The third kappa shape index (κ3) is 5.17. The average molecular weight is 588 g/mol. The summed E-state index contributed by atoms with van der Waals surface area (Å²) in [5, 5.41) is 6.22. The molecule has 2 saturated heterocycles. The first kappa shape index (κ1) is 27.3. The molecular formula is C29H39BrN4O4. The van der Waals surface area contributed by atoms with Crippen molar-refractivity contribution in [2.24, 2.45) is 11.8 Å². The van der Waals surface area contributed by atoms with Crippen molar-refractivity contribution in [3.05, 3.63) is 40.9 Å². The van der Waals surface area contributed by atoms with Gasteiger partial charge in [0.1, 0.15) is 11.6 Å². The molecule has 1 spiro atoms. The molecule has 2 bridgehead atoms. The first-order valence-corrected chi connectivity index (χ1v) is 14.9. The molecule has 1 aromatic rings. The number of likely N-dealkylation sites (N-methyl/N-ethyl adjacent to an activating group) is 1. The quantitative estimate of drug-likeness (QED) is 0.408. The van der Waals surface area contributed by atoms with Gasteiger partial charge in [-0.1, -0.05) is 60.7 Å². The van der Waals surface area contributed by atoms with E-state index >= 15 is 0 Å². The molecule has 3 heterocycles. The monoisotopic (exact) mass is 586 g/mol. The second-order valence-corrected chi connectivity index (χ2v) is 12.1. The number of unbranched alkanes of at least 4 members (excludes halogenated alkanes) is 1. The maximum Gasteiger partial charge on any atom is 0.246 e. The van der Waals surface area contributed by atoms with E-state index < -0.39 is 29.6 Å². The Morgan fingerprint density at radius 1 is 1.13 bits per heavy atom. The summed E-state index contributed by atoms with van der Waals surface area (Å²) in [6.45, 7) is 4.17. The number of hydrogen-bond acceptors (Lipinski definition) is 5. The minimum Gasteiger partial charge on any atom is -0.359 e. The lowest BCUT2D eigenvalue weighted by Crippen LogP contribution is -2.57. The molecule has 1 saturated carbocycles. The van der Waals surface area contributed by atoms with Crippen LogP contribution in [0, 0.1) is 11.8 Å². The van der Waals surface area contributed by atoms with Crippen LogP contribution in [-0.2, 0) is 19.1 Å². The Labute approximate surface area is 233 Å². The number of benzene rings is 1. The van der Waals surface area contributed by atoms with E-state index in [0.717, 1.165) is 49.5 Å². The van der Waals surface area contributed by atoms with E-state index in [2.05, 4.69) is 38.4 Å². The lowest BCUT2D eigenvalue weighted by atomic mass is 9.74. The fourth-order valence-corrected chi connectivity index (χ4v) is 6.88. The van der Waals surface area contributed by atoms with Gasteiger partial charge in [0.25, 0.3) is 0 Å². The molecule has 3 aliphatic heterocycles. The number of rotatable bonds is 10. The van der Waals surface area contributed by atoms with Crippen LogP contribution in [0.15, 0.2) is 40.9 Å². The first-order valence-electron chi connectivity index (χ1n) is 14.1. The van der Waals surface area contributed by atoms with E-state index in [-0.39, 0.29) is 23.8 Å². The Kier molecular flexibility index (Phi) is 8.26. The van der Waals surface area contributed by atoms with Crippen LogP contribution in [0.25, 0.3) is 0 Å². The molecule has 4 aliphatic rings. The summed E-state index contributed by atoms with van der Waals surface area (Å²) in [4.78, 5) is 45.4. The lowest BCUT2D eigenvalue weighted by molar-refractivity contribution is -0.141. The molecular weight excluding hydrogens is 548 g/mol. The number of likely N-dealkylation sites (tertiary alicyclic amines) is 1. The molecule has 5 atom stereocenters. The number of amides is 3. The van der Waals surface area contributed by atoms with Crippen molar-refractivity contribution in [3.63, 3.8) is 0 Å². The SMILES string of the molecule is CCCCN(C)CCN1C(=O)[C@@H]2C(C(=O)Nc3ccc(Br)cc3)[C@@H]3C=CC2(O3)C1C(=O)NC1CCCCC1. The first-order chi connectivity index (χ1) is 18.3. The highest BCUT2D eigenvalue weighted by Crippen LogP contribution is 2.55. The number of hydrogen-bond donors (Lipinski definition) is 2. The second kappa shape index (κ2) is 11.5. The molecule has 0 radical (unpaired) electrons. The zero-order valence-corrected chi connectivity index (χ0v) is 23.9. The largest absolute Gasteiger partial charge is 0.359 e. The molecule has 5 rings (SSSR count). The highest BCUT2D eigenvalue weighted by atomic mass is 79.9. The van der Waals surface area contributed by atoms with Crippen LogP contribution in [0.2, 0.25) is 0 Å². The van der Waals surface area contributed by atoms with Crippen molar-refractivity contribution in [1.82, 2.24) is 15.1 Å². The number of nitrogens with zero attached hydrogens (tertiary/aromatic N) is 2. The van der Waals surface area contributed by atoms with Crippen molar-refractivity contribution in [2.75, 3.05) is 32.0 Å². The van der Waals surface area contributed by atoms with Crippen LogP contribution in [0.3, 0.4) is 0 Å². The highest BCUT2D eigenvalue weighted by molar-refractivity contribution is 9.10. The van der Waals surface area contributed by atoms with Gasteiger partial charge in [0.15, 0.2) is 0 Å². The molecule has 38 heavy (non-hydrogen) atoms. The van der Waals surface area contributed by atoms with Crippen molar-refractivity contribution in [2.45, 2.75) is 75.7 Å². The Morgan fingerprint density at radius 2 is 1.87 bits per heavy atom. The maximum absolute atomic E-state index is 14.0. The van der Waals surface area contributed by atoms with Gasteiger partial charge in [-0.25, -0.2) is 0 Å². The number of ether oxygens (including phenoxy) is 1. The van der Waals surface area contributed by atoms with Crippen molar-refractivity contribution >= 4 is 39.3 Å². The molecule has 3 unspecified atom stereocenters. The minimum atomic E-state index is -1.12. The Morgan fingerprint density at radius 3 is 2.58 bits per heavy atom. The third-order valence-electron chi connectivity index (χ3n) is 8.60. The summed E-state index contributed by atoms with van der Waals surface area (Å²) in [6, 6.07) is 6.69. The summed E-state index contributed by atoms with van der Waals surface area (Å²) in [5.74, 6) is -2.00. The molecule has 9 heteroatoms. The third-order valence-corrected chi connectivity index (χ3v) is 9.13. The fraction of sp³-hybridized carbons (Fsp3) is 0.621. The van der Waals surface area contributed by atoms with Crippen molar-refractivity contribution < 1.29 is 19.1 Å². The van der Waals surface area contributed by atoms with Crippen LogP contribution < -0.4 is 10.6 Å². The van der Waals surface area contributed by atoms with Crippen LogP contribution >= 0.6 is 15.9 Å². The molecule has 2 N–H and O–H groups in total. The number of halogens is 1. The zero-order valence-electron chi connectivity index (χ0n) is 22.3. The van der Waals surface area contributed by atoms with Gasteiger partial charge in [0.2, 0.25) is 17.7 Å². The molecule has 1 aromatic carbocycles. The molecule has 0 aromatic heterocycles. The highest BCUT2D eigenvalue weighted by Gasteiger charge is 2.72. The van der Waals surface area contributed by atoms with E-state index in [1.807, 2.05) is 43.5 Å². The number of anilines is 1. The molecule has 1 aliphatic carbocycles. The zero-order chi connectivity index (χ0) is 26.9. The van der Waals surface area contributed by atoms with E-state index in [0.29, 0.717) is 18.8 Å². The Bertz CT molecular complexity index is 1070. The predicted molar refractivity (Wildman–Crippen MR) is 149 cm³/mol. The van der Waals surface area contributed by atoms with Gasteiger partial charge in [0.05, 0.1) is 17.9 Å². The normalized spacial score (nSPS) is 30.2. The molecule has 3 amide bonds. The Hall–Kier alpha value is -2.23. The topological polar surface area (TPSA) is 91.0 Å². The number of carbonyl (C=O) groups excluding carboxylic acids is 3. The van der Waals surface area contributed by atoms with Crippen molar-refractivity contribution in [3.8, 4) is 0 Å². The molecule has 206 valence electrons. The second-order valence-electron chi connectivity index (χ2n) is 11.2. The number of carbonyl (C=O) groups is 3. The van der Waals surface area contributed by atoms with Gasteiger partial charge in [-0.3, -0.25) is 14.4 Å². The van der Waals surface area contributed by atoms with Crippen LogP contribution in [0.1, 0.15) is 51.9 Å². The van der Waals surface area contributed by atoms with E-state index in [9.17, 15) is 14.4 Å². The number of fused-ring (bicyclic) bond motifs is 1. The van der Waals surface area contributed by atoms with Crippen LogP contribution in [-0.4, -0.2) is 78.0 Å². The van der Waals surface area contributed by atoms with E-state index in [1.54, 1.807) is 4.90 Å². The summed E-state index contributed by atoms with van der Waals surface area (Å²) in [6.07, 6.45) is 10.7. The Balaban J connectivity index is 1.39. The summed E-state index contributed by atoms with van der Waals surface area (Å²) in [5.41, 5.74) is -0.463. The van der Waals surface area contributed by atoms with Gasteiger partial charge in [-0.15, -0.1) is 0 Å². The summed E-state index contributed by atoms with van der Waals surface area (Å²) >= 11 is 3.42. The smallest absolute Gasteiger partial charge is 0.246 e. The maximum atomic E-state index is 14.0. The van der Waals surface area contributed by atoms with Gasteiger partial charge in [-0.05, 0) is 57.1 Å². The number of nitrogens with one attached hydrogen (secondary N) is 2. The van der Waals surface area contributed by atoms with E-state index in [4.69, 9.17) is 4.74 Å². The predicted octanol–water partition coefficient (Wildman–Crippen LogP) is 3.72. The van der Waals surface area contributed by atoms with Gasteiger partial charge in [0, 0.05) is 29.3 Å². The van der Waals surface area contributed by atoms with Gasteiger partial charge >= 0.3 is 0 Å². The van der Waals surface area contributed by atoms with Gasteiger partial charge < -0.3 is 25.2 Å². The fourth-order valence-electron chi connectivity index (χ4n) is 6.61. The van der Waals surface area contributed by atoms with Crippen LogP contribution in [0.4, 0.5) is 5.69 Å². The van der Waals surface area contributed by atoms with Gasteiger partial charge in [-0.2, -0.15) is 0 Å². The standard InChI is InChI=1S/C29H39BrN4O4/c1-3-4-16-33(2)17-18-34-25(27(36)32-20-8-6-5-7-9-20)29-15-14-22(38-29)23(24(29)28(34)37)26(35)31-21-12-10-19(30)11-13-21/h10-15,20,22-25H,3-9,16-18H2,1-2H3,(H,31,35)(H,32,36)/t22-,23?,24-,25?,29?/m0/s1. The summed E-state index contributed by atoms with van der Waals surface area (Å²) in [7, 11) is 2.04. The van der Waals surface area contributed by atoms with Crippen LogP contribution in [0.5, 0.6) is 0 Å². The summed E-state index contributed by atoms with van der Waals surface area (Å²) < 4.78 is 7.37. The van der Waals surface area contributed by atoms with Crippen molar-refractivity contribution in [1.29, 1.82) is 0 Å². The minimum absolute atomic E-state index is 0.120. The average Bonchev–Trinajstić information content (AvgIpc) is 3.55.